The van der Waals surface area contributed by atoms with Gasteiger partial charge in [-0.15, -0.1) is 0 Å². The summed E-state index contributed by atoms with van der Waals surface area (Å²) < 4.78 is 5.27. The van der Waals surface area contributed by atoms with Gasteiger partial charge in [-0.2, -0.15) is 0 Å². The van der Waals surface area contributed by atoms with Crippen molar-refractivity contribution in [2.24, 2.45) is 0 Å². The lowest BCUT2D eigenvalue weighted by atomic mass is 9.95. The highest BCUT2D eigenvalue weighted by Gasteiger charge is 2.19. The largest absolute Gasteiger partial charge is 0.496 e. The fraction of sp³-hybridized carbons (Fsp3) is 0.364. The Kier molecular flexibility index (Phi) is 6.57. The van der Waals surface area contributed by atoms with Gasteiger partial charge in [0.2, 0.25) is 0 Å². The van der Waals surface area contributed by atoms with Crippen LogP contribution >= 0.6 is 11.6 Å². The molecule has 1 aliphatic carbocycles. The maximum absolute atomic E-state index is 12.6. The summed E-state index contributed by atoms with van der Waals surface area (Å²) in [6.07, 6.45) is 5.48. The van der Waals surface area contributed by atoms with E-state index in [4.69, 9.17) is 16.3 Å². The third kappa shape index (κ3) is 4.84. The minimum Gasteiger partial charge on any atom is -0.496 e. The number of anilines is 1. The van der Waals surface area contributed by atoms with Crippen LogP contribution in [0.1, 0.15) is 58.4 Å². The number of carbonyl (C=O) groups is 2. The molecular weight excluding hydrogens is 376 g/mol. The first-order valence-corrected chi connectivity index (χ1v) is 9.92. The first kappa shape index (κ1) is 20.2. The summed E-state index contributed by atoms with van der Waals surface area (Å²) in [5.41, 5.74) is 2.31. The molecule has 1 fully saturated rings. The molecule has 2 amide bonds. The van der Waals surface area contributed by atoms with Crippen molar-refractivity contribution in [2.45, 2.75) is 45.1 Å². The molecule has 0 aromatic heterocycles. The van der Waals surface area contributed by atoms with E-state index in [9.17, 15) is 9.59 Å². The van der Waals surface area contributed by atoms with E-state index in [1.54, 1.807) is 37.4 Å². The van der Waals surface area contributed by atoms with Crippen LogP contribution in [-0.2, 0) is 0 Å². The van der Waals surface area contributed by atoms with Crippen molar-refractivity contribution in [3.8, 4) is 5.75 Å². The van der Waals surface area contributed by atoms with Crippen molar-refractivity contribution >= 4 is 29.1 Å². The molecule has 1 saturated carbocycles. The average molecular weight is 401 g/mol. The zero-order chi connectivity index (χ0) is 20.1. The van der Waals surface area contributed by atoms with Crippen LogP contribution < -0.4 is 15.4 Å². The van der Waals surface area contributed by atoms with Gasteiger partial charge in [-0.1, -0.05) is 36.9 Å². The number of halogens is 1. The molecule has 0 bridgehead atoms. The Morgan fingerprint density at radius 1 is 1.04 bits per heavy atom. The fourth-order valence-corrected chi connectivity index (χ4v) is 3.65. The van der Waals surface area contributed by atoms with E-state index in [0.717, 1.165) is 31.2 Å². The molecule has 0 heterocycles. The van der Waals surface area contributed by atoms with Crippen LogP contribution in [0.25, 0.3) is 0 Å². The van der Waals surface area contributed by atoms with Gasteiger partial charge in [0.25, 0.3) is 11.8 Å². The van der Waals surface area contributed by atoms with Crippen molar-refractivity contribution < 1.29 is 14.3 Å². The second kappa shape index (κ2) is 9.11. The number of hydrogen-bond acceptors (Lipinski definition) is 3. The number of nitrogens with one attached hydrogen (secondary N) is 2. The molecule has 0 saturated heterocycles. The Balaban J connectivity index is 1.73. The first-order valence-electron chi connectivity index (χ1n) is 9.54. The molecule has 0 spiro atoms. The lowest BCUT2D eigenvalue weighted by molar-refractivity contribution is 0.0926. The predicted molar refractivity (Wildman–Crippen MR) is 111 cm³/mol. The Bertz CT molecular complexity index is 876. The first-order chi connectivity index (χ1) is 13.5. The standard InChI is InChI=1S/C22H25ClN2O3/c1-14-8-9-15(12-20(14)28-2)21(26)25-17-10-11-19(23)18(13-17)22(27)24-16-6-4-3-5-7-16/h8-13,16H,3-7H2,1-2H3,(H,24,27)(H,25,26). The third-order valence-corrected chi connectivity index (χ3v) is 5.41. The number of aryl methyl sites for hydroxylation is 1. The average Bonchev–Trinajstić information content (AvgIpc) is 2.70. The maximum atomic E-state index is 12.6. The number of methoxy groups -OCH3 is 1. The smallest absolute Gasteiger partial charge is 0.255 e. The molecule has 148 valence electrons. The van der Waals surface area contributed by atoms with Crippen LogP contribution in [-0.4, -0.2) is 25.0 Å². The van der Waals surface area contributed by atoms with Crippen LogP contribution in [0.15, 0.2) is 36.4 Å². The number of carbonyl (C=O) groups excluding carboxylic acids is 2. The Morgan fingerprint density at radius 2 is 1.79 bits per heavy atom. The molecule has 2 N–H and O–H groups in total. The summed E-state index contributed by atoms with van der Waals surface area (Å²) in [5.74, 6) is 0.167. The van der Waals surface area contributed by atoms with E-state index in [1.165, 1.54) is 6.42 Å². The summed E-state index contributed by atoms with van der Waals surface area (Å²) in [6.45, 7) is 1.91. The monoisotopic (exact) mass is 400 g/mol. The van der Waals surface area contributed by atoms with E-state index in [0.29, 0.717) is 27.6 Å². The summed E-state index contributed by atoms with van der Waals surface area (Å²) in [4.78, 5) is 25.2. The highest BCUT2D eigenvalue weighted by Crippen LogP contribution is 2.24. The van der Waals surface area contributed by atoms with E-state index >= 15 is 0 Å². The molecule has 2 aromatic carbocycles. The van der Waals surface area contributed by atoms with Crippen LogP contribution in [0, 0.1) is 6.92 Å². The summed E-state index contributed by atoms with van der Waals surface area (Å²) in [7, 11) is 1.57. The summed E-state index contributed by atoms with van der Waals surface area (Å²) >= 11 is 6.23. The molecule has 1 aliphatic rings. The molecule has 0 radical (unpaired) electrons. The molecule has 0 atom stereocenters. The van der Waals surface area contributed by atoms with Crippen molar-refractivity contribution in [1.29, 1.82) is 0 Å². The molecule has 3 rings (SSSR count). The molecule has 0 aliphatic heterocycles. The Morgan fingerprint density at radius 3 is 2.50 bits per heavy atom. The maximum Gasteiger partial charge on any atom is 0.255 e. The molecule has 28 heavy (non-hydrogen) atoms. The predicted octanol–water partition coefficient (Wildman–Crippen LogP) is 4.97. The third-order valence-electron chi connectivity index (χ3n) is 5.08. The van der Waals surface area contributed by atoms with Gasteiger partial charge in [-0.25, -0.2) is 0 Å². The van der Waals surface area contributed by atoms with Gasteiger partial charge in [0, 0.05) is 17.3 Å². The van der Waals surface area contributed by atoms with Crippen molar-refractivity contribution in [3.63, 3.8) is 0 Å². The van der Waals surface area contributed by atoms with Crippen molar-refractivity contribution in [2.75, 3.05) is 12.4 Å². The molecule has 0 unspecified atom stereocenters. The minimum absolute atomic E-state index is 0.190. The number of hydrogen-bond donors (Lipinski definition) is 2. The van der Waals surface area contributed by atoms with Crippen molar-refractivity contribution in [3.05, 3.63) is 58.1 Å². The Labute approximate surface area is 170 Å². The van der Waals surface area contributed by atoms with Gasteiger partial charge in [0.15, 0.2) is 0 Å². The van der Waals surface area contributed by atoms with E-state index in [1.807, 2.05) is 13.0 Å². The SMILES string of the molecule is COc1cc(C(=O)Nc2ccc(Cl)c(C(=O)NC3CCCCC3)c2)ccc1C. The minimum atomic E-state index is -0.278. The quantitative estimate of drug-likeness (QED) is 0.744. The van der Waals surface area contributed by atoms with Gasteiger partial charge < -0.3 is 15.4 Å². The van der Waals surface area contributed by atoms with Crippen molar-refractivity contribution in [1.82, 2.24) is 5.32 Å². The summed E-state index contributed by atoms with van der Waals surface area (Å²) in [5, 5.41) is 6.24. The summed E-state index contributed by atoms with van der Waals surface area (Å²) in [6, 6.07) is 10.4. The highest BCUT2D eigenvalue weighted by molar-refractivity contribution is 6.34. The second-order valence-electron chi connectivity index (χ2n) is 7.14. The van der Waals surface area contributed by atoms with Crippen LogP contribution in [0.2, 0.25) is 5.02 Å². The van der Waals surface area contributed by atoms with E-state index in [2.05, 4.69) is 10.6 Å². The van der Waals surface area contributed by atoms with Gasteiger partial charge in [-0.3, -0.25) is 9.59 Å². The van der Waals surface area contributed by atoms with Gasteiger partial charge in [-0.05, 0) is 55.7 Å². The highest BCUT2D eigenvalue weighted by atomic mass is 35.5. The molecular formula is C22H25ClN2O3. The lowest BCUT2D eigenvalue weighted by Crippen LogP contribution is -2.36. The van der Waals surface area contributed by atoms with Crippen LogP contribution in [0.5, 0.6) is 5.75 Å². The Hall–Kier alpha value is -2.53. The zero-order valence-corrected chi connectivity index (χ0v) is 16.9. The normalized spacial score (nSPS) is 14.4. The van der Waals surface area contributed by atoms with Crippen LogP contribution in [0.4, 0.5) is 5.69 Å². The number of benzene rings is 2. The number of ether oxygens (including phenoxy) is 1. The van der Waals surface area contributed by atoms with Gasteiger partial charge >= 0.3 is 0 Å². The molecule has 2 aromatic rings. The van der Waals surface area contributed by atoms with Gasteiger partial charge in [0.05, 0.1) is 17.7 Å². The fourth-order valence-electron chi connectivity index (χ4n) is 3.45. The molecule has 5 nitrogen and oxygen atoms in total. The van der Waals surface area contributed by atoms with E-state index < -0.39 is 0 Å². The zero-order valence-electron chi connectivity index (χ0n) is 16.2. The van der Waals surface area contributed by atoms with Crippen LogP contribution in [0.3, 0.4) is 0 Å². The molecule has 6 heteroatoms. The topological polar surface area (TPSA) is 67.4 Å². The second-order valence-corrected chi connectivity index (χ2v) is 7.55. The van der Waals surface area contributed by atoms with E-state index in [-0.39, 0.29) is 17.9 Å². The van der Waals surface area contributed by atoms with Gasteiger partial charge in [0.1, 0.15) is 5.75 Å². The number of rotatable bonds is 5. The number of amides is 2. The lowest BCUT2D eigenvalue weighted by Gasteiger charge is -2.23.